The highest BCUT2D eigenvalue weighted by molar-refractivity contribution is 5.85. The molecule has 0 amide bonds. The predicted molar refractivity (Wildman–Crippen MR) is 111 cm³/mol. The average molecular weight is 360 g/mol. The Labute approximate surface area is 159 Å². The van der Waals surface area contributed by atoms with Crippen molar-refractivity contribution in [2.24, 2.45) is 7.05 Å². The van der Waals surface area contributed by atoms with E-state index in [1.165, 1.54) is 0 Å². The Morgan fingerprint density at radius 1 is 0.926 bits per heavy atom. The van der Waals surface area contributed by atoms with E-state index in [1.54, 1.807) is 0 Å². The molecule has 5 nitrogen and oxygen atoms in total. The lowest BCUT2D eigenvalue weighted by Gasteiger charge is -2.33. The minimum absolute atomic E-state index is 0.702. The van der Waals surface area contributed by atoms with Gasteiger partial charge in [0.25, 0.3) is 0 Å². The second kappa shape index (κ2) is 6.20. The summed E-state index contributed by atoms with van der Waals surface area (Å²) in [6, 6.07) is 14.2. The van der Waals surface area contributed by atoms with Gasteiger partial charge in [-0.15, -0.1) is 0 Å². The van der Waals surface area contributed by atoms with Crippen molar-refractivity contribution in [2.75, 3.05) is 10.6 Å². The number of para-hydroxylation sites is 2. The normalized spacial score (nSPS) is 14.9. The molecule has 1 aliphatic rings. The average Bonchev–Trinajstić information content (AvgIpc) is 2.97. The summed E-state index contributed by atoms with van der Waals surface area (Å²) >= 11 is 0. The Kier molecular flexibility index (Phi) is 3.95. The molecule has 0 radical (unpaired) electrons. The van der Waals surface area contributed by atoms with Gasteiger partial charge in [-0.1, -0.05) is 12.1 Å². The first-order valence-electron chi connectivity index (χ1n) is 9.02. The van der Waals surface area contributed by atoms with Crippen LogP contribution in [0.25, 0.3) is 22.4 Å². The Morgan fingerprint density at radius 3 is 2.22 bits per heavy atom. The van der Waals surface area contributed by atoms with Crippen molar-refractivity contribution < 1.29 is 4.74 Å². The summed E-state index contributed by atoms with van der Waals surface area (Å²) in [5, 5.41) is 0. The van der Waals surface area contributed by atoms with E-state index in [0.717, 1.165) is 51.0 Å². The molecule has 0 saturated carbocycles. The van der Waals surface area contributed by atoms with Crippen molar-refractivity contribution in [1.82, 2.24) is 9.55 Å². The molecule has 0 saturated heterocycles. The first-order chi connectivity index (χ1) is 12.9. The smallest absolute Gasteiger partial charge is 0.142 e. The van der Waals surface area contributed by atoms with Gasteiger partial charge in [-0.2, -0.15) is 0 Å². The second-order valence-corrected chi connectivity index (χ2v) is 6.98. The number of nitrogens with two attached hydrogens (primary N) is 1. The first-order valence-corrected chi connectivity index (χ1v) is 9.02. The van der Waals surface area contributed by atoms with E-state index in [9.17, 15) is 0 Å². The Hall–Kier alpha value is -3.21. The summed E-state index contributed by atoms with van der Waals surface area (Å²) in [6.07, 6.45) is 0. The maximum Gasteiger partial charge on any atom is 0.142 e. The van der Waals surface area contributed by atoms with Crippen molar-refractivity contribution in [1.29, 1.82) is 0 Å². The van der Waals surface area contributed by atoms with Crippen LogP contribution in [0.4, 0.5) is 11.4 Å². The molecular weight excluding hydrogens is 336 g/mol. The number of anilines is 2. The fraction of sp³-hybridized carbons (Fsp3) is 0.227. The van der Waals surface area contributed by atoms with Crippen LogP contribution in [0.15, 0.2) is 65.4 Å². The summed E-state index contributed by atoms with van der Waals surface area (Å²) in [6.45, 7) is 8.08. The van der Waals surface area contributed by atoms with Crippen LogP contribution >= 0.6 is 0 Å². The van der Waals surface area contributed by atoms with Crippen molar-refractivity contribution in [3.63, 3.8) is 0 Å². The van der Waals surface area contributed by atoms with Gasteiger partial charge in [0.05, 0.1) is 22.4 Å². The zero-order valence-corrected chi connectivity index (χ0v) is 16.4. The predicted octanol–water partition coefficient (Wildman–Crippen LogP) is 5.16. The summed E-state index contributed by atoms with van der Waals surface area (Å²) < 4.78 is 7.89. The molecule has 138 valence electrons. The van der Waals surface area contributed by atoms with Crippen LogP contribution in [-0.2, 0) is 11.8 Å². The third-order valence-corrected chi connectivity index (χ3v) is 5.32. The van der Waals surface area contributed by atoms with Crippen LogP contribution in [0.2, 0.25) is 0 Å². The number of nitrogens with zero attached hydrogens (tertiary/aromatic N) is 3. The summed E-state index contributed by atoms with van der Waals surface area (Å²) in [4.78, 5) is 6.95. The molecule has 3 aromatic rings. The third-order valence-electron chi connectivity index (χ3n) is 5.32. The maximum absolute atomic E-state index is 6.47. The van der Waals surface area contributed by atoms with Gasteiger partial charge in [-0.25, -0.2) is 4.98 Å². The monoisotopic (exact) mass is 360 g/mol. The molecule has 0 aliphatic carbocycles. The molecule has 0 spiro atoms. The van der Waals surface area contributed by atoms with Gasteiger partial charge in [0.1, 0.15) is 17.3 Å². The van der Waals surface area contributed by atoms with E-state index < -0.39 is 0 Å². The van der Waals surface area contributed by atoms with E-state index >= 15 is 0 Å². The highest BCUT2D eigenvalue weighted by atomic mass is 16.5. The Bertz CT molecular complexity index is 1100. The van der Waals surface area contributed by atoms with Crippen LogP contribution in [-0.4, -0.2) is 9.55 Å². The van der Waals surface area contributed by atoms with Gasteiger partial charge in [-0.05, 0) is 58.0 Å². The number of ether oxygens (including phenoxy) is 1. The third kappa shape index (κ3) is 2.67. The van der Waals surface area contributed by atoms with Crippen LogP contribution in [0.1, 0.15) is 27.7 Å². The first kappa shape index (κ1) is 17.2. The summed E-state index contributed by atoms with van der Waals surface area (Å²) in [7, 11) is 2.02. The standard InChI is InChI=1S/C22H24N4O/c1-13-15(3)27-16(4)14(2)26(13)17-10-11-18(19(23)12-17)22-24-20-8-6-7-9-21(20)25(22)5/h6-12H,23H2,1-5H3. The number of hydrogen-bond donors (Lipinski definition) is 1. The molecule has 1 aromatic heterocycles. The van der Waals surface area contributed by atoms with E-state index in [-0.39, 0.29) is 0 Å². The summed E-state index contributed by atoms with van der Waals surface area (Å²) in [5.41, 5.74) is 13.3. The number of nitrogen functional groups attached to an aromatic ring is 1. The molecule has 2 aromatic carbocycles. The minimum Gasteiger partial charge on any atom is -0.463 e. The minimum atomic E-state index is 0.702. The molecule has 2 heterocycles. The van der Waals surface area contributed by atoms with E-state index in [2.05, 4.69) is 35.4 Å². The van der Waals surface area contributed by atoms with Gasteiger partial charge in [0.15, 0.2) is 0 Å². The van der Waals surface area contributed by atoms with E-state index in [1.807, 2.05) is 51.2 Å². The van der Waals surface area contributed by atoms with Crippen LogP contribution in [0.3, 0.4) is 0 Å². The van der Waals surface area contributed by atoms with Gasteiger partial charge < -0.3 is 19.9 Å². The topological polar surface area (TPSA) is 56.3 Å². The molecular formula is C22H24N4O. The molecule has 2 N–H and O–H groups in total. The van der Waals surface area contributed by atoms with Crippen molar-refractivity contribution in [2.45, 2.75) is 27.7 Å². The molecule has 27 heavy (non-hydrogen) atoms. The molecule has 0 atom stereocenters. The zero-order valence-electron chi connectivity index (χ0n) is 16.4. The molecule has 4 rings (SSSR count). The number of allylic oxidation sites excluding steroid dienone is 4. The number of imidazole rings is 1. The molecule has 1 aliphatic heterocycles. The lowest BCUT2D eigenvalue weighted by atomic mass is 10.1. The zero-order chi connectivity index (χ0) is 19.3. The lowest BCUT2D eigenvalue weighted by Crippen LogP contribution is -2.25. The fourth-order valence-corrected chi connectivity index (χ4v) is 3.61. The number of aromatic nitrogens is 2. The number of fused-ring (bicyclic) bond motifs is 1. The van der Waals surface area contributed by atoms with Crippen molar-refractivity contribution in [3.05, 3.63) is 65.4 Å². The molecule has 0 fully saturated rings. The number of hydrogen-bond acceptors (Lipinski definition) is 4. The number of benzene rings is 2. The van der Waals surface area contributed by atoms with Gasteiger partial charge in [0.2, 0.25) is 0 Å². The molecule has 0 bridgehead atoms. The Balaban J connectivity index is 1.81. The van der Waals surface area contributed by atoms with E-state index in [0.29, 0.717) is 5.69 Å². The van der Waals surface area contributed by atoms with Crippen LogP contribution in [0, 0.1) is 0 Å². The SMILES string of the molecule is CC1=C(C)N(c2ccc(-c3nc4ccccc4n3C)c(N)c2)C(C)=C(C)O1. The Morgan fingerprint density at radius 2 is 1.59 bits per heavy atom. The van der Waals surface area contributed by atoms with Crippen molar-refractivity contribution >= 4 is 22.4 Å². The molecule has 0 unspecified atom stereocenters. The second-order valence-electron chi connectivity index (χ2n) is 6.98. The summed E-state index contributed by atoms with van der Waals surface area (Å²) in [5.74, 6) is 2.67. The molecule has 5 heteroatoms. The highest BCUT2D eigenvalue weighted by Gasteiger charge is 2.22. The quantitative estimate of drug-likeness (QED) is 0.641. The highest BCUT2D eigenvalue weighted by Crippen LogP contribution is 2.36. The largest absolute Gasteiger partial charge is 0.463 e. The van der Waals surface area contributed by atoms with E-state index in [4.69, 9.17) is 15.5 Å². The van der Waals surface area contributed by atoms with Crippen molar-refractivity contribution in [3.8, 4) is 11.4 Å². The van der Waals surface area contributed by atoms with Crippen LogP contribution < -0.4 is 10.6 Å². The number of rotatable bonds is 2. The number of aryl methyl sites for hydroxylation is 1. The van der Waals surface area contributed by atoms with Gasteiger partial charge in [0, 0.05) is 24.0 Å². The fourth-order valence-electron chi connectivity index (χ4n) is 3.61. The van der Waals surface area contributed by atoms with Gasteiger partial charge in [-0.3, -0.25) is 0 Å². The van der Waals surface area contributed by atoms with Gasteiger partial charge >= 0.3 is 0 Å². The van der Waals surface area contributed by atoms with Crippen LogP contribution in [0.5, 0.6) is 0 Å². The lowest BCUT2D eigenvalue weighted by molar-refractivity contribution is 0.288. The maximum atomic E-state index is 6.47.